The number of carbonyl (C=O) groups is 1. The van der Waals surface area contributed by atoms with E-state index in [0.29, 0.717) is 11.4 Å². The number of rotatable bonds is 4. The molecule has 0 unspecified atom stereocenters. The van der Waals surface area contributed by atoms with Gasteiger partial charge in [-0.1, -0.05) is 0 Å². The number of imidazole rings is 1. The SMILES string of the molecule is COc1ccc2ncn(C)c2c1CNC(=O)Nc1ccc(F)cc1. The van der Waals surface area contributed by atoms with Gasteiger partial charge in [-0.2, -0.15) is 0 Å². The van der Waals surface area contributed by atoms with Crippen molar-refractivity contribution >= 4 is 22.8 Å². The van der Waals surface area contributed by atoms with E-state index in [1.807, 2.05) is 23.7 Å². The summed E-state index contributed by atoms with van der Waals surface area (Å²) in [6.45, 7) is 0.271. The summed E-state index contributed by atoms with van der Waals surface area (Å²) in [6, 6.07) is 8.88. The molecule has 3 rings (SSSR count). The van der Waals surface area contributed by atoms with Crippen LogP contribution in [0.15, 0.2) is 42.7 Å². The summed E-state index contributed by atoms with van der Waals surface area (Å²) >= 11 is 0. The molecule has 0 aliphatic rings. The van der Waals surface area contributed by atoms with Crippen LogP contribution in [-0.2, 0) is 13.6 Å². The first-order valence-electron chi connectivity index (χ1n) is 7.36. The van der Waals surface area contributed by atoms with Gasteiger partial charge in [0.05, 0.1) is 31.0 Å². The quantitative estimate of drug-likeness (QED) is 0.773. The number of methoxy groups -OCH3 is 1. The van der Waals surface area contributed by atoms with Gasteiger partial charge in [-0.15, -0.1) is 0 Å². The maximum Gasteiger partial charge on any atom is 0.319 e. The summed E-state index contributed by atoms with van der Waals surface area (Å²) < 4.78 is 20.2. The number of halogens is 1. The number of benzene rings is 2. The van der Waals surface area contributed by atoms with Crippen molar-refractivity contribution in [1.29, 1.82) is 0 Å². The lowest BCUT2D eigenvalue weighted by atomic mass is 10.1. The number of nitrogens with zero attached hydrogens (tertiary/aromatic N) is 2. The van der Waals surface area contributed by atoms with E-state index < -0.39 is 0 Å². The highest BCUT2D eigenvalue weighted by Gasteiger charge is 2.13. The molecule has 0 saturated heterocycles. The second kappa shape index (κ2) is 6.57. The normalized spacial score (nSPS) is 10.6. The maximum atomic E-state index is 12.9. The summed E-state index contributed by atoms with van der Waals surface area (Å²) in [5.74, 6) is 0.321. The molecule has 2 N–H and O–H groups in total. The molecule has 0 atom stereocenters. The van der Waals surface area contributed by atoms with E-state index in [1.54, 1.807) is 13.4 Å². The Morgan fingerprint density at radius 1 is 1.25 bits per heavy atom. The van der Waals surface area contributed by atoms with E-state index in [9.17, 15) is 9.18 Å². The van der Waals surface area contributed by atoms with Gasteiger partial charge < -0.3 is 19.9 Å². The molecule has 1 heterocycles. The van der Waals surface area contributed by atoms with Gasteiger partial charge in [0.25, 0.3) is 0 Å². The summed E-state index contributed by atoms with van der Waals surface area (Å²) in [5, 5.41) is 5.43. The Balaban J connectivity index is 1.76. The molecule has 2 amide bonds. The number of hydrogen-bond donors (Lipinski definition) is 2. The monoisotopic (exact) mass is 328 g/mol. The fraction of sp³-hybridized carbons (Fsp3) is 0.176. The second-order valence-corrected chi connectivity index (χ2v) is 5.28. The third-order valence-electron chi connectivity index (χ3n) is 3.69. The minimum absolute atomic E-state index is 0.271. The minimum atomic E-state index is -0.386. The molecule has 24 heavy (non-hydrogen) atoms. The molecule has 3 aromatic rings. The van der Waals surface area contributed by atoms with Gasteiger partial charge in [0.1, 0.15) is 11.6 Å². The predicted molar refractivity (Wildman–Crippen MR) is 89.5 cm³/mol. The average Bonchev–Trinajstić information content (AvgIpc) is 2.96. The lowest BCUT2D eigenvalue weighted by molar-refractivity contribution is 0.251. The van der Waals surface area contributed by atoms with Crippen LogP contribution in [0.5, 0.6) is 5.75 Å². The third-order valence-corrected chi connectivity index (χ3v) is 3.69. The number of hydrogen-bond acceptors (Lipinski definition) is 3. The number of fused-ring (bicyclic) bond motifs is 1. The van der Waals surface area contributed by atoms with Gasteiger partial charge >= 0.3 is 6.03 Å². The molecular weight excluding hydrogens is 311 g/mol. The number of aryl methyl sites for hydroxylation is 1. The number of ether oxygens (including phenoxy) is 1. The van der Waals surface area contributed by atoms with Crippen LogP contribution in [0, 0.1) is 5.82 Å². The van der Waals surface area contributed by atoms with Crippen LogP contribution < -0.4 is 15.4 Å². The van der Waals surface area contributed by atoms with Crippen LogP contribution in [0.3, 0.4) is 0 Å². The van der Waals surface area contributed by atoms with E-state index in [1.165, 1.54) is 24.3 Å². The topological polar surface area (TPSA) is 68.2 Å². The molecule has 2 aromatic carbocycles. The van der Waals surface area contributed by atoms with Gasteiger partial charge in [0.15, 0.2) is 0 Å². The smallest absolute Gasteiger partial charge is 0.319 e. The van der Waals surface area contributed by atoms with Crippen LogP contribution in [0.2, 0.25) is 0 Å². The Morgan fingerprint density at radius 2 is 2.00 bits per heavy atom. The van der Waals surface area contributed by atoms with Crippen LogP contribution in [0.4, 0.5) is 14.9 Å². The zero-order valence-electron chi connectivity index (χ0n) is 13.3. The molecule has 0 radical (unpaired) electrons. The van der Waals surface area contributed by atoms with Crippen molar-refractivity contribution in [2.45, 2.75) is 6.54 Å². The van der Waals surface area contributed by atoms with Gasteiger partial charge in [-0.3, -0.25) is 0 Å². The largest absolute Gasteiger partial charge is 0.496 e. The summed E-state index contributed by atoms with van der Waals surface area (Å²) in [5.41, 5.74) is 3.08. The van der Waals surface area contributed by atoms with Crippen molar-refractivity contribution in [3.63, 3.8) is 0 Å². The van der Waals surface area contributed by atoms with E-state index >= 15 is 0 Å². The van der Waals surface area contributed by atoms with Crippen LogP contribution in [0.25, 0.3) is 11.0 Å². The Hall–Kier alpha value is -3.09. The van der Waals surface area contributed by atoms with Crippen molar-refractivity contribution < 1.29 is 13.9 Å². The van der Waals surface area contributed by atoms with Gasteiger partial charge in [-0.05, 0) is 36.4 Å². The molecule has 6 nitrogen and oxygen atoms in total. The molecule has 124 valence electrons. The molecule has 0 bridgehead atoms. The Labute approximate surface area is 138 Å². The molecule has 0 fully saturated rings. The van der Waals surface area contributed by atoms with E-state index in [2.05, 4.69) is 15.6 Å². The number of amides is 2. The van der Waals surface area contributed by atoms with E-state index in [-0.39, 0.29) is 18.4 Å². The van der Waals surface area contributed by atoms with E-state index in [4.69, 9.17) is 4.74 Å². The Morgan fingerprint density at radius 3 is 2.71 bits per heavy atom. The summed E-state index contributed by atoms with van der Waals surface area (Å²) in [7, 11) is 3.47. The van der Waals surface area contributed by atoms with Gasteiger partial charge in [-0.25, -0.2) is 14.2 Å². The maximum absolute atomic E-state index is 12.9. The number of anilines is 1. The van der Waals surface area contributed by atoms with Crippen LogP contribution in [-0.4, -0.2) is 22.7 Å². The second-order valence-electron chi connectivity index (χ2n) is 5.28. The summed E-state index contributed by atoms with van der Waals surface area (Å²) in [4.78, 5) is 16.4. The van der Waals surface area contributed by atoms with Crippen molar-refractivity contribution in [2.75, 3.05) is 12.4 Å². The number of urea groups is 1. The fourth-order valence-electron chi connectivity index (χ4n) is 2.55. The first kappa shape index (κ1) is 15.8. The zero-order valence-corrected chi connectivity index (χ0v) is 13.3. The number of aromatic nitrogens is 2. The molecule has 1 aromatic heterocycles. The number of nitrogens with one attached hydrogen (secondary N) is 2. The molecule has 0 saturated carbocycles. The van der Waals surface area contributed by atoms with E-state index in [0.717, 1.165) is 16.6 Å². The fourth-order valence-corrected chi connectivity index (χ4v) is 2.55. The minimum Gasteiger partial charge on any atom is -0.496 e. The van der Waals surface area contributed by atoms with Crippen LogP contribution >= 0.6 is 0 Å². The van der Waals surface area contributed by atoms with Gasteiger partial charge in [0, 0.05) is 18.3 Å². The molecule has 0 aliphatic carbocycles. The lowest BCUT2D eigenvalue weighted by Gasteiger charge is -2.13. The average molecular weight is 328 g/mol. The highest BCUT2D eigenvalue weighted by molar-refractivity contribution is 5.90. The zero-order chi connectivity index (χ0) is 17.1. The highest BCUT2D eigenvalue weighted by atomic mass is 19.1. The van der Waals surface area contributed by atoms with Crippen LogP contribution in [0.1, 0.15) is 5.56 Å². The molecule has 0 aliphatic heterocycles. The first-order valence-corrected chi connectivity index (χ1v) is 7.36. The Bertz CT molecular complexity index is 874. The predicted octanol–water partition coefficient (Wildman–Crippen LogP) is 3.04. The third kappa shape index (κ3) is 3.15. The first-order chi connectivity index (χ1) is 11.6. The van der Waals surface area contributed by atoms with Crippen molar-refractivity contribution in [3.05, 3.63) is 54.1 Å². The summed E-state index contributed by atoms with van der Waals surface area (Å²) in [6.07, 6.45) is 1.71. The Kier molecular flexibility index (Phi) is 4.33. The standard InChI is InChI=1S/C17H17FN4O2/c1-22-10-20-14-7-8-15(24-2)13(16(14)22)9-19-17(23)21-12-5-3-11(18)4-6-12/h3-8,10H,9H2,1-2H3,(H2,19,21,23). The van der Waals surface area contributed by atoms with Crippen molar-refractivity contribution in [1.82, 2.24) is 14.9 Å². The number of carbonyl (C=O) groups excluding carboxylic acids is 1. The van der Waals surface area contributed by atoms with Crippen molar-refractivity contribution in [3.8, 4) is 5.75 Å². The molecule has 0 spiro atoms. The molecular formula is C17H17FN4O2. The van der Waals surface area contributed by atoms with Gasteiger partial charge in [0.2, 0.25) is 0 Å². The lowest BCUT2D eigenvalue weighted by Crippen LogP contribution is -2.28. The van der Waals surface area contributed by atoms with Crippen molar-refractivity contribution in [2.24, 2.45) is 7.05 Å². The molecule has 7 heteroatoms. The highest BCUT2D eigenvalue weighted by Crippen LogP contribution is 2.27.